The highest BCUT2D eigenvalue weighted by Gasteiger charge is 2.68. The molecule has 1 aliphatic carbocycles. The third-order valence-corrected chi connectivity index (χ3v) is 4.44. The summed E-state index contributed by atoms with van der Waals surface area (Å²) >= 11 is 0. The van der Waals surface area contributed by atoms with Crippen LogP contribution in [0.1, 0.15) is 27.7 Å². The minimum atomic E-state index is 0.0661. The summed E-state index contributed by atoms with van der Waals surface area (Å²) < 4.78 is 0. The highest BCUT2D eigenvalue weighted by molar-refractivity contribution is 5.96. The van der Waals surface area contributed by atoms with Crippen LogP contribution in [-0.4, -0.2) is 5.91 Å². The Balaban J connectivity index is 2.10. The Morgan fingerprint density at radius 1 is 1.24 bits per heavy atom. The van der Waals surface area contributed by atoms with E-state index in [2.05, 4.69) is 33.0 Å². The van der Waals surface area contributed by atoms with Crippen LogP contribution in [0.25, 0.3) is 0 Å². The smallest absolute Gasteiger partial charge is 0.228 e. The lowest BCUT2D eigenvalue weighted by molar-refractivity contribution is -0.118. The molecule has 0 atom stereocenters. The maximum atomic E-state index is 12.2. The Morgan fingerprint density at radius 2 is 1.82 bits per heavy atom. The van der Waals surface area contributed by atoms with Crippen molar-refractivity contribution in [3.8, 4) is 0 Å². The molecule has 2 rings (SSSR count). The number of nitrogens with one attached hydrogen (secondary N) is 1. The van der Waals surface area contributed by atoms with E-state index in [9.17, 15) is 4.79 Å². The van der Waals surface area contributed by atoms with Gasteiger partial charge in [0.1, 0.15) is 0 Å². The second-order valence-corrected chi connectivity index (χ2v) is 5.99. The van der Waals surface area contributed by atoms with Gasteiger partial charge in [-0.25, -0.2) is 0 Å². The number of anilines is 2. The lowest BCUT2D eigenvalue weighted by atomic mass is 10.0. The van der Waals surface area contributed by atoms with Gasteiger partial charge < -0.3 is 11.1 Å². The summed E-state index contributed by atoms with van der Waals surface area (Å²) in [5.41, 5.74) is 7.25. The van der Waals surface area contributed by atoms with Crippen LogP contribution in [0.3, 0.4) is 0 Å². The van der Waals surface area contributed by atoms with Gasteiger partial charge >= 0.3 is 0 Å². The SMILES string of the molecule is CC1(C)C(C(=O)Nc2cccc(N)c2)C1(C)C. The standard InChI is InChI=1S/C14H20N2O/c1-13(2)11(14(13,3)4)12(17)16-10-7-5-6-9(15)8-10/h5-8,11H,15H2,1-4H3,(H,16,17). The molecule has 0 spiro atoms. The van der Waals surface area contributed by atoms with Gasteiger partial charge in [0.15, 0.2) is 0 Å². The van der Waals surface area contributed by atoms with Crippen molar-refractivity contribution in [2.24, 2.45) is 16.7 Å². The van der Waals surface area contributed by atoms with E-state index in [4.69, 9.17) is 5.73 Å². The van der Waals surface area contributed by atoms with Crippen LogP contribution in [0.2, 0.25) is 0 Å². The molecule has 0 unspecified atom stereocenters. The van der Waals surface area contributed by atoms with Crippen LogP contribution in [0, 0.1) is 16.7 Å². The lowest BCUT2D eigenvalue weighted by Gasteiger charge is -2.06. The van der Waals surface area contributed by atoms with Gasteiger partial charge in [0, 0.05) is 17.3 Å². The summed E-state index contributed by atoms with van der Waals surface area (Å²) in [6, 6.07) is 7.28. The minimum Gasteiger partial charge on any atom is -0.399 e. The zero-order valence-corrected chi connectivity index (χ0v) is 10.9. The van der Waals surface area contributed by atoms with Gasteiger partial charge in [-0.05, 0) is 29.0 Å². The summed E-state index contributed by atoms with van der Waals surface area (Å²) in [4.78, 5) is 12.2. The molecule has 0 aromatic heterocycles. The highest BCUT2D eigenvalue weighted by Crippen LogP contribution is 2.68. The van der Waals surface area contributed by atoms with Crippen LogP contribution < -0.4 is 11.1 Å². The molecule has 0 aliphatic heterocycles. The quantitative estimate of drug-likeness (QED) is 0.770. The van der Waals surface area contributed by atoms with Crippen LogP contribution in [0.15, 0.2) is 24.3 Å². The van der Waals surface area contributed by atoms with Crippen molar-refractivity contribution in [2.75, 3.05) is 11.1 Å². The predicted molar refractivity (Wildman–Crippen MR) is 70.5 cm³/mol. The summed E-state index contributed by atoms with van der Waals surface area (Å²) in [7, 11) is 0. The van der Waals surface area contributed by atoms with Gasteiger partial charge in [0.25, 0.3) is 0 Å². The second kappa shape index (κ2) is 3.49. The molecule has 0 heterocycles. The van der Waals surface area contributed by atoms with Gasteiger partial charge in [-0.1, -0.05) is 33.8 Å². The topological polar surface area (TPSA) is 55.1 Å². The second-order valence-electron chi connectivity index (χ2n) is 5.99. The molecule has 1 aromatic rings. The lowest BCUT2D eigenvalue weighted by Crippen LogP contribution is -2.17. The van der Waals surface area contributed by atoms with E-state index in [1.54, 1.807) is 12.1 Å². The Morgan fingerprint density at radius 3 is 2.29 bits per heavy atom. The van der Waals surface area contributed by atoms with Crippen molar-refractivity contribution in [3.05, 3.63) is 24.3 Å². The largest absolute Gasteiger partial charge is 0.399 e. The molecule has 1 aliphatic rings. The normalized spacial score (nSPS) is 20.9. The summed E-state index contributed by atoms with van der Waals surface area (Å²) in [5.74, 6) is 0.155. The number of nitrogen functional groups attached to an aromatic ring is 1. The van der Waals surface area contributed by atoms with Crippen LogP contribution in [-0.2, 0) is 4.79 Å². The number of hydrogen-bond acceptors (Lipinski definition) is 2. The molecule has 17 heavy (non-hydrogen) atoms. The van der Waals surface area contributed by atoms with Crippen molar-refractivity contribution in [1.29, 1.82) is 0 Å². The predicted octanol–water partition coefficient (Wildman–Crippen LogP) is 2.89. The molecular weight excluding hydrogens is 212 g/mol. The monoisotopic (exact) mass is 232 g/mol. The fourth-order valence-electron chi connectivity index (χ4n) is 2.68. The van der Waals surface area contributed by atoms with Crippen molar-refractivity contribution >= 4 is 17.3 Å². The Labute approximate surface area is 102 Å². The van der Waals surface area contributed by atoms with E-state index < -0.39 is 0 Å². The number of hydrogen-bond donors (Lipinski definition) is 2. The number of nitrogens with two attached hydrogens (primary N) is 1. The van der Waals surface area contributed by atoms with Gasteiger partial charge in [-0.2, -0.15) is 0 Å². The molecule has 3 nitrogen and oxygen atoms in total. The number of carbonyl (C=O) groups is 1. The van der Waals surface area contributed by atoms with Crippen LogP contribution >= 0.6 is 0 Å². The summed E-state index contributed by atoms with van der Waals surface area (Å²) in [6.45, 7) is 8.54. The average Bonchev–Trinajstić information content (AvgIpc) is 2.56. The van der Waals surface area contributed by atoms with E-state index in [1.807, 2.05) is 12.1 Å². The number of amides is 1. The fourth-order valence-corrected chi connectivity index (χ4v) is 2.68. The van der Waals surface area contributed by atoms with Gasteiger partial charge in [-0.3, -0.25) is 4.79 Å². The molecule has 1 aromatic carbocycles. The third kappa shape index (κ3) is 1.79. The Hall–Kier alpha value is -1.51. The molecule has 1 amide bonds. The zero-order chi connectivity index (χ0) is 12.8. The number of carbonyl (C=O) groups excluding carboxylic acids is 1. The van der Waals surface area contributed by atoms with Crippen LogP contribution in [0.4, 0.5) is 11.4 Å². The zero-order valence-electron chi connectivity index (χ0n) is 10.9. The molecule has 0 radical (unpaired) electrons. The van der Waals surface area contributed by atoms with Crippen molar-refractivity contribution < 1.29 is 4.79 Å². The average molecular weight is 232 g/mol. The fraction of sp³-hybridized carbons (Fsp3) is 0.500. The molecule has 3 heteroatoms. The van der Waals surface area contributed by atoms with Crippen molar-refractivity contribution in [2.45, 2.75) is 27.7 Å². The molecule has 92 valence electrons. The molecule has 3 N–H and O–H groups in total. The Bertz CT molecular complexity index is 449. The molecule has 0 bridgehead atoms. The van der Waals surface area contributed by atoms with Gasteiger partial charge in [0.05, 0.1) is 0 Å². The van der Waals surface area contributed by atoms with E-state index >= 15 is 0 Å². The molecular formula is C14H20N2O. The number of benzene rings is 1. The summed E-state index contributed by atoms with van der Waals surface area (Å²) in [5, 5.41) is 2.94. The van der Waals surface area contributed by atoms with E-state index in [-0.39, 0.29) is 22.7 Å². The maximum Gasteiger partial charge on any atom is 0.228 e. The molecule has 1 saturated carbocycles. The first kappa shape index (κ1) is 12.0. The molecule has 0 saturated heterocycles. The summed E-state index contributed by atoms with van der Waals surface area (Å²) in [6.07, 6.45) is 0. The van der Waals surface area contributed by atoms with Gasteiger partial charge in [-0.15, -0.1) is 0 Å². The third-order valence-electron chi connectivity index (χ3n) is 4.44. The molecule has 1 fully saturated rings. The van der Waals surface area contributed by atoms with Gasteiger partial charge in [0.2, 0.25) is 5.91 Å². The maximum absolute atomic E-state index is 12.2. The van der Waals surface area contributed by atoms with E-state index in [0.717, 1.165) is 5.69 Å². The number of rotatable bonds is 2. The van der Waals surface area contributed by atoms with Crippen LogP contribution in [0.5, 0.6) is 0 Å². The first-order chi connectivity index (χ1) is 7.76. The van der Waals surface area contributed by atoms with E-state index in [1.165, 1.54) is 0 Å². The van der Waals surface area contributed by atoms with Crippen molar-refractivity contribution in [1.82, 2.24) is 0 Å². The first-order valence-electron chi connectivity index (χ1n) is 5.93. The van der Waals surface area contributed by atoms with E-state index in [0.29, 0.717) is 5.69 Å². The minimum absolute atomic E-state index is 0.0661. The van der Waals surface area contributed by atoms with Crippen molar-refractivity contribution in [3.63, 3.8) is 0 Å². The first-order valence-corrected chi connectivity index (χ1v) is 5.93. The highest BCUT2D eigenvalue weighted by atomic mass is 16.2. The Kier molecular flexibility index (Phi) is 2.45.